The number of epoxide rings is 1. The van der Waals surface area contributed by atoms with Gasteiger partial charge in [0.25, 0.3) is 5.91 Å². The van der Waals surface area contributed by atoms with Gasteiger partial charge in [-0.3, -0.25) is 33.6 Å². The number of esters is 3. The van der Waals surface area contributed by atoms with Crippen molar-refractivity contribution in [1.82, 2.24) is 20.9 Å². The predicted molar refractivity (Wildman–Crippen MR) is 334 cm³/mol. The Hall–Kier alpha value is -7.28. The van der Waals surface area contributed by atoms with Crippen LogP contribution in [0.3, 0.4) is 0 Å². The largest absolute Gasteiger partial charge is 0.497 e. The second-order valence-corrected chi connectivity index (χ2v) is 25.7. The molecule has 496 valence electrons. The van der Waals surface area contributed by atoms with Gasteiger partial charge >= 0.3 is 23.9 Å². The number of carbonyl (C=O) groups is 9. The molecule has 10 atom stereocenters. The minimum absolute atomic E-state index is 0.0387. The number of rotatable bonds is 24. The normalized spacial score (nSPS) is 24.8. The number of nitrogens with two attached hydrogens (primary N) is 1. The molecule has 90 heavy (non-hydrogen) atoms. The van der Waals surface area contributed by atoms with Gasteiger partial charge in [-0.1, -0.05) is 62.6 Å². The van der Waals surface area contributed by atoms with Crippen LogP contribution < -0.4 is 41.4 Å². The fourth-order valence-corrected chi connectivity index (χ4v) is 11.8. The lowest BCUT2D eigenvalue weighted by Crippen LogP contribution is -2.54. The molecule has 7 N–H and O–H groups in total. The van der Waals surface area contributed by atoms with Crippen molar-refractivity contribution >= 4 is 76.5 Å². The summed E-state index contributed by atoms with van der Waals surface area (Å²) in [6.45, 7) is 13.9. The first-order valence-electron chi connectivity index (χ1n) is 30.8. The zero-order valence-electron chi connectivity index (χ0n) is 54.1. The molecule has 2 aromatic rings. The number of benzene rings is 2. The maximum Gasteiger partial charge on any atom is 0.328 e. The molecule has 2 saturated heterocycles. The summed E-state index contributed by atoms with van der Waals surface area (Å²) >= 11 is 6.89. The van der Waals surface area contributed by atoms with E-state index in [0.29, 0.717) is 37.1 Å². The van der Waals surface area contributed by atoms with Gasteiger partial charge in [0.05, 0.1) is 56.0 Å². The Labute approximate surface area is 532 Å². The number of likely N-dealkylation sites (N-methyl/N-ethyl adjacent to an activating group) is 1. The third-order valence-electron chi connectivity index (χ3n) is 17.5. The van der Waals surface area contributed by atoms with E-state index in [2.05, 4.69) is 21.3 Å². The van der Waals surface area contributed by atoms with E-state index in [1.165, 1.54) is 65.4 Å². The van der Waals surface area contributed by atoms with E-state index in [-0.39, 0.29) is 72.6 Å². The Morgan fingerprint density at radius 3 is 2.32 bits per heavy atom. The molecule has 24 nitrogen and oxygen atoms in total. The Bertz CT molecular complexity index is 3040. The van der Waals surface area contributed by atoms with E-state index < -0.39 is 125 Å². The number of halogens is 1. The van der Waals surface area contributed by atoms with Gasteiger partial charge in [-0.15, -0.1) is 0 Å². The highest BCUT2D eigenvalue weighted by molar-refractivity contribution is 6.35. The Morgan fingerprint density at radius 2 is 1.69 bits per heavy atom. The number of methoxy groups -OCH3 is 3. The van der Waals surface area contributed by atoms with Crippen LogP contribution in [0.1, 0.15) is 148 Å². The molecule has 1 saturated carbocycles. The maximum atomic E-state index is 14.8. The Balaban J connectivity index is 1.22. The summed E-state index contributed by atoms with van der Waals surface area (Å²) in [5, 5.41) is 23.0. The van der Waals surface area contributed by atoms with Crippen molar-refractivity contribution in [3.63, 3.8) is 0 Å². The van der Waals surface area contributed by atoms with E-state index in [1.54, 1.807) is 52.0 Å². The molecule has 3 aliphatic heterocycles. The number of amides is 7. The van der Waals surface area contributed by atoms with E-state index in [1.807, 2.05) is 26.8 Å². The minimum atomic E-state index is -1.69. The third kappa shape index (κ3) is 18.5. The molecule has 25 heteroatoms. The van der Waals surface area contributed by atoms with Gasteiger partial charge in [0.15, 0.2) is 0 Å². The number of hydrogen-bond donors (Lipinski definition) is 6. The molecule has 3 heterocycles. The van der Waals surface area contributed by atoms with Crippen molar-refractivity contribution in [3.05, 3.63) is 70.3 Å². The number of unbranched alkanes of at least 4 members (excludes halogenated alkanes) is 1. The highest BCUT2D eigenvalue weighted by Gasteiger charge is 2.64. The lowest BCUT2D eigenvalue weighted by atomic mass is 9.78. The molecule has 4 aliphatic rings. The Kier molecular flexibility index (Phi) is 24.9. The lowest BCUT2D eigenvalue weighted by Gasteiger charge is -2.41. The number of carbonyl (C=O) groups excluding carboxylic acids is 9. The van der Waals surface area contributed by atoms with Gasteiger partial charge in [0.2, 0.25) is 23.6 Å². The molecule has 6 rings (SSSR count). The number of allylic oxidation sites excluding steroid dienone is 3. The minimum Gasteiger partial charge on any atom is -0.497 e. The fraction of sp³-hybridized carbons (Fsp3) is 0.615. The average Bonchev–Trinajstić information content (AvgIpc) is 1.65. The number of nitrogens with one attached hydrogen (secondary N) is 4. The predicted octanol–water partition coefficient (Wildman–Crippen LogP) is 6.78. The van der Waals surface area contributed by atoms with Crippen molar-refractivity contribution in [1.29, 1.82) is 0 Å². The van der Waals surface area contributed by atoms with Crippen molar-refractivity contribution in [3.8, 4) is 11.5 Å². The highest BCUT2D eigenvalue weighted by Crippen LogP contribution is 2.50. The molecule has 0 spiro atoms. The lowest BCUT2D eigenvalue weighted by molar-refractivity contribution is -0.187. The first kappa shape index (κ1) is 71.8. The molecule has 0 aromatic heterocycles. The summed E-state index contributed by atoms with van der Waals surface area (Å²) in [7, 11) is 7.13. The number of aliphatic hydroxyl groups is 1. The van der Waals surface area contributed by atoms with Crippen LogP contribution in [-0.2, 0) is 63.7 Å². The van der Waals surface area contributed by atoms with Crippen LogP contribution in [0, 0.1) is 17.8 Å². The smallest absolute Gasteiger partial charge is 0.328 e. The van der Waals surface area contributed by atoms with Gasteiger partial charge in [0.1, 0.15) is 69.8 Å². The average molecular weight is 1280 g/mol. The zero-order chi connectivity index (χ0) is 66.6. The van der Waals surface area contributed by atoms with Gasteiger partial charge in [-0.05, 0) is 122 Å². The van der Waals surface area contributed by atoms with E-state index in [4.69, 9.17) is 50.5 Å². The first-order chi connectivity index (χ1) is 42.3. The SMILES string of the molecule is COc1ccc(C(=O)N(C)[C@@H](C)C(=O)O[C@H]2CC(=O)N(C)c3cc(cc(OC)c3Cl)C/C(C)=C/C=C/[C@@H](OC)[C@]3(O)CC(=O)O[C@@H](C3)[C@@H](C)[C@@H]3O[C@@]23C)c(NC(=O)[C@H](CCCNC(N)=O)NC(=O)[C@@H](NC(=O)CCCCC(C)(C)OC(=O)C2CCC2)C(C)C)c1. The summed E-state index contributed by atoms with van der Waals surface area (Å²) < 4.78 is 41.2. The van der Waals surface area contributed by atoms with Crippen molar-refractivity contribution in [2.45, 2.75) is 198 Å². The number of ether oxygens (including phenoxy) is 7. The topological polar surface area (TPSA) is 322 Å². The molecule has 0 radical (unpaired) electrons. The third-order valence-corrected chi connectivity index (χ3v) is 17.9. The monoisotopic (exact) mass is 1280 g/mol. The number of nitrogens with zero attached hydrogens (tertiary/aromatic N) is 2. The Morgan fingerprint density at radius 1 is 0.978 bits per heavy atom. The van der Waals surface area contributed by atoms with Gasteiger partial charge < -0.3 is 75.1 Å². The molecular formula is C65H92ClN7O17. The van der Waals surface area contributed by atoms with Crippen LogP contribution in [0.15, 0.2) is 54.1 Å². The fourth-order valence-electron chi connectivity index (χ4n) is 11.5. The molecule has 1 aliphatic carbocycles. The van der Waals surface area contributed by atoms with Crippen LogP contribution in [0.2, 0.25) is 5.02 Å². The van der Waals surface area contributed by atoms with E-state index >= 15 is 0 Å². The summed E-state index contributed by atoms with van der Waals surface area (Å²) in [6, 6.07) is 3.19. The van der Waals surface area contributed by atoms with Crippen LogP contribution >= 0.6 is 11.6 Å². The summed E-state index contributed by atoms with van der Waals surface area (Å²) in [5.74, 6) is -5.59. The van der Waals surface area contributed by atoms with E-state index in [0.717, 1.165) is 35.3 Å². The summed E-state index contributed by atoms with van der Waals surface area (Å²) in [5.41, 5.74) is 3.27. The number of primary amides is 1. The van der Waals surface area contributed by atoms with Crippen molar-refractivity contribution in [2.24, 2.45) is 23.5 Å². The number of anilines is 2. The maximum absolute atomic E-state index is 14.8. The van der Waals surface area contributed by atoms with Gasteiger partial charge in [-0.2, -0.15) is 0 Å². The zero-order valence-corrected chi connectivity index (χ0v) is 54.9. The van der Waals surface area contributed by atoms with Gasteiger partial charge in [-0.25, -0.2) is 9.59 Å². The molecule has 0 unspecified atom stereocenters. The van der Waals surface area contributed by atoms with Crippen LogP contribution in [0.25, 0.3) is 0 Å². The van der Waals surface area contributed by atoms with Crippen molar-refractivity contribution < 1.29 is 81.4 Å². The van der Waals surface area contributed by atoms with Gasteiger partial charge in [0, 0.05) is 52.6 Å². The van der Waals surface area contributed by atoms with Crippen LogP contribution in [0.4, 0.5) is 16.2 Å². The number of hydrogen-bond acceptors (Lipinski definition) is 17. The van der Waals surface area contributed by atoms with Crippen LogP contribution in [-0.4, -0.2) is 165 Å². The molecule has 7 amide bonds. The van der Waals surface area contributed by atoms with E-state index in [9.17, 15) is 48.3 Å². The number of fused-ring (bicyclic) bond motifs is 5. The molecule has 2 aromatic carbocycles. The molecule has 3 fully saturated rings. The first-order valence-corrected chi connectivity index (χ1v) is 31.1. The summed E-state index contributed by atoms with van der Waals surface area (Å²) in [4.78, 5) is 126. The second kappa shape index (κ2) is 31.2. The summed E-state index contributed by atoms with van der Waals surface area (Å²) in [6.07, 6.45) is 5.25. The quantitative estimate of drug-likeness (QED) is 0.0273. The highest BCUT2D eigenvalue weighted by atomic mass is 35.5. The number of urea groups is 1. The van der Waals surface area contributed by atoms with Crippen molar-refractivity contribution in [2.75, 3.05) is 52.2 Å². The van der Waals surface area contributed by atoms with Crippen LogP contribution in [0.5, 0.6) is 11.5 Å². The molecule has 4 bridgehead atoms. The standard InChI is InChI=1S/C65H92ClN7O17/c1-36(2)55(71-51(74)24-14-15-27-63(6,7)90-61(81)41-20-17-21-41)58(78)69-44(22-18-28-68-62(67)82)57(77)70-45-32-42(84-11)25-26-43(45)59(79)72(9)39(5)60(80)88-50-33-52(75)73(10)46-30-40(31-47(85-12)54(46)66)29-37(3)19-16-23-49(86-13)65(83)34-48(87-53(76)35-65)38(4)56-64(50,8)89-56/h16,19,23,25-26,30-32,36,38-39,41,44,48-50,55-56,83H,14-15,17-18,20-22,24,27-29,33-35H2,1-13H3,(H,69,78)(H,70,77)(H,71,74)(H3,67,68,82)/b23-16+,37-19+/t38-,39+,44+,48+,49-,50+,55+,56+,64+,65-/m1/s1. The molecular weight excluding hydrogens is 1190 g/mol. The second-order valence-electron chi connectivity index (χ2n) is 25.3.